The fourth-order valence-corrected chi connectivity index (χ4v) is 2.70. The van der Waals surface area contributed by atoms with Gasteiger partial charge in [-0.25, -0.2) is 0 Å². The average Bonchev–Trinajstić information content (AvgIpc) is 2.99. The van der Waals surface area contributed by atoms with Crippen molar-refractivity contribution in [2.45, 2.75) is 6.92 Å². The van der Waals surface area contributed by atoms with Gasteiger partial charge in [-0.2, -0.15) is 0 Å². The van der Waals surface area contributed by atoms with Crippen molar-refractivity contribution in [1.82, 2.24) is 0 Å². The Bertz CT molecular complexity index is 1010. The second-order valence-corrected chi connectivity index (χ2v) is 5.41. The Hall–Kier alpha value is -3.15. The van der Waals surface area contributed by atoms with Crippen molar-refractivity contribution in [3.63, 3.8) is 0 Å². The van der Waals surface area contributed by atoms with Gasteiger partial charge in [0.05, 0.1) is 11.1 Å². The van der Waals surface area contributed by atoms with Crippen LogP contribution >= 0.6 is 0 Å². The Kier molecular flexibility index (Phi) is 2.74. The molecule has 1 aromatic heterocycles. The van der Waals surface area contributed by atoms with Crippen LogP contribution in [0.1, 0.15) is 5.56 Å². The first kappa shape index (κ1) is 13.5. The van der Waals surface area contributed by atoms with Gasteiger partial charge >= 0.3 is 0 Å². The molecule has 6 nitrogen and oxygen atoms in total. The molecule has 0 aliphatic carbocycles. The molecular weight excluding hydrogens is 298 g/mol. The van der Waals surface area contributed by atoms with E-state index in [9.17, 15) is 9.90 Å². The van der Waals surface area contributed by atoms with Gasteiger partial charge in [-0.15, -0.1) is 0 Å². The molecule has 0 atom stereocenters. The number of aromatic hydroxyl groups is 1. The van der Waals surface area contributed by atoms with Gasteiger partial charge in [0.25, 0.3) is 0 Å². The van der Waals surface area contributed by atoms with Crippen LogP contribution in [0, 0.1) is 6.92 Å². The first-order valence-corrected chi connectivity index (χ1v) is 7.00. The van der Waals surface area contributed by atoms with Crippen molar-refractivity contribution in [1.29, 1.82) is 0 Å². The van der Waals surface area contributed by atoms with Crippen LogP contribution in [0.3, 0.4) is 0 Å². The standard InChI is InChI=1S/C17H13NO5/c1-8-4-10-14(19)15(20)16(23-17(10)11(18)5-8)9-2-3-12-13(6-9)22-7-21-12/h2-6,20H,7,18H2,1H3. The van der Waals surface area contributed by atoms with E-state index >= 15 is 0 Å². The molecule has 0 bridgehead atoms. The summed E-state index contributed by atoms with van der Waals surface area (Å²) in [5.41, 5.74) is 7.36. The minimum atomic E-state index is -0.519. The summed E-state index contributed by atoms with van der Waals surface area (Å²) in [4.78, 5) is 12.4. The molecule has 0 saturated carbocycles. The maximum atomic E-state index is 12.4. The summed E-state index contributed by atoms with van der Waals surface area (Å²) in [7, 11) is 0. The van der Waals surface area contributed by atoms with Crippen LogP contribution in [0.25, 0.3) is 22.3 Å². The highest BCUT2D eigenvalue weighted by molar-refractivity contribution is 5.91. The maximum Gasteiger partial charge on any atom is 0.235 e. The van der Waals surface area contributed by atoms with E-state index in [1.165, 1.54) is 0 Å². The van der Waals surface area contributed by atoms with Crippen LogP contribution < -0.4 is 20.6 Å². The number of ether oxygens (including phenoxy) is 2. The summed E-state index contributed by atoms with van der Waals surface area (Å²) >= 11 is 0. The van der Waals surface area contributed by atoms with Gasteiger partial charge in [0, 0.05) is 5.56 Å². The smallest absolute Gasteiger partial charge is 0.235 e. The summed E-state index contributed by atoms with van der Waals surface area (Å²) in [5.74, 6) is 0.728. The van der Waals surface area contributed by atoms with Crippen molar-refractivity contribution in [3.05, 3.63) is 46.1 Å². The molecule has 0 unspecified atom stereocenters. The van der Waals surface area contributed by atoms with Crippen molar-refractivity contribution in [2.75, 3.05) is 12.5 Å². The highest BCUT2D eigenvalue weighted by Gasteiger charge is 2.20. The number of anilines is 1. The van der Waals surface area contributed by atoms with Gasteiger partial charge in [-0.05, 0) is 42.8 Å². The first-order chi connectivity index (χ1) is 11.0. The minimum Gasteiger partial charge on any atom is -0.502 e. The summed E-state index contributed by atoms with van der Waals surface area (Å²) in [6.07, 6.45) is 0. The van der Waals surface area contributed by atoms with Gasteiger partial charge in [-0.1, -0.05) is 0 Å². The van der Waals surface area contributed by atoms with Gasteiger partial charge in [-0.3, -0.25) is 4.79 Å². The SMILES string of the molecule is Cc1cc(N)c2oc(-c3ccc4c(c3)OCO4)c(O)c(=O)c2c1. The molecule has 0 amide bonds. The van der Waals surface area contributed by atoms with Crippen molar-refractivity contribution >= 4 is 16.7 Å². The van der Waals surface area contributed by atoms with Crippen molar-refractivity contribution in [2.24, 2.45) is 0 Å². The van der Waals surface area contributed by atoms with Crippen LogP contribution in [-0.2, 0) is 0 Å². The van der Waals surface area contributed by atoms with Gasteiger partial charge < -0.3 is 24.7 Å². The number of fused-ring (bicyclic) bond motifs is 2. The molecule has 116 valence electrons. The van der Waals surface area contributed by atoms with Crippen molar-refractivity contribution in [3.8, 4) is 28.6 Å². The largest absolute Gasteiger partial charge is 0.502 e. The number of rotatable bonds is 1. The van der Waals surface area contributed by atoms with E-state index in [2.05, 4.69) is 0 Å². The van der Waals surface area contributed by atoms with Crippen molar-refractivity contribution < 1.29 is 19.0 Å². The van der Waals surface area contributed by atoms with E-state index in [1.807, 2.05) is 6.92 Å². The van der Waals surface area contributed by atoms with E-state index in [1.54, 1.807) is 30.3 Å². The Morgan fingerprint density at radius 1 is 1.13 bits per heavy atom. The number of nitrogen functional groups attached to an aromatic ring is 1. The third-order valence-electron chi connectivity index (χ3n) is 3.78. The topological polar surface area (TPSA) is 94.9 Å². The number of nitrogens with two attached hydrogens (primary N) is 1. The second-order valence-electron chi connectivity index (χ2n) is 5.41. The molecule has 0 saturated heterocycles. The number of hydrogen-bond acceptors (Lipinski definition) is 6. The Morgan fingerprint density at radius 3 is 2.74 bits per heavy atom. The van der Waals surface area contributed by atoms with Crippen LogP contribution in [0.15, 0.2) is 39.5 Å². The number of hydrogen-bond donors (Lipinski definition) is 2. The number of benzene rings is 2. The van der Waals surface area contributed by atoms with E-state index in [0.29, 0.717) is 22.7 Å². The summed E-state index contributed by atoms with van der Waals surface area (Å²) in [6, 6.07) is 8.38. The van der Waals surface area contributed by atoms with E-state index in [0.717, 1.165) is 5.56 Å². The molecule has 6 heteroatoms. The third kappa shape index (κ3) is 1.99. The molecular formula is C17H13NO5. The second kappa shape index (κ2) is 4.67. The zero-order chi connectivity index (χ0) is 16.1. The molecule has 2 heterocycles. The molecule has 1 aliphatic heterocycles. The molecule has 3 N–H and O–H groups in total. The number of aryl methyl sites for hydroxylation is 1. The highest BCUT2D eigenvalue weighted by Crippen LogP contribution is 2.39. The normalized spacial score (nSPS) is 12.7. The monoisotopic (exact) mass is 311 g/mol. The van der Waals surface area contributed by atoms with Gasteiger partial charge in [0.2, 0.25) is 18.0 Å². The van der Waals surface area contributed by atoms with Crippen LogP contribution in [-0.4, -0.2) is 11.9 Å². The van der Waals surface area contributed by atoms with E-state index < -0.39 is 11.2 Å². The molecule has 23 heavy (non-hydrogen) atoms. The Balaban J connectivity index is 2.01. The first-order valence-electron chi connectivity index (χ1n) is 7.00. The zero-order valence-electron chi connectivity index (χ0n) is 12.3. The lowest BCUT2D eigenvalue weighted by atomic mass is 10.1. The maximum absolute atomic E-state index is 12.4. The quantitative estimate of drug-likeness (QED) is 0.671. The van der Waals surface area contributed by atoms with E-state index in [-0.39, 0.29) is 23.5 Å². The fraction of sp³-hybridized carbons (Fsp3) is 0.118. The van der Waals surface area contributed by atoms with Crippen LogP contribution in [0.2, 0.25) is 0 Å². The zero-order valence-corrected chi connectivity index (χ0v) is 12.3. The summed E-state index contributed by atoms with van der Waals surface area (Å²) < 4.78 is 16.3. The van der Waals surface area contributed by atoms with Gasteiger partial charge in [0.1, 0.15) is 0 Å². The van der Waals surface area contributed by atoms with Crippen LogP contribution in [0.5, 0.6) is 17.2 Å². The predicted molar refractivity (Wildman–Crippen MR) is 84.9 cm³/mol. The fourth-order valence-electron chi connectivity index (χ4n) is 2.70. The lowest BCUT2D eigenvalue weighted by molar-refractivity contribution is 0.174. The Labute approximate surface area is 130 Å². The lowest BCUT2D eigenvalue weighted by Crippen LogP contribution is -2.04. The van der Waals surface area contributed by atoms with E-state index in [4.69, 9.17) is 19.6 Å². The van der Waals surface area contributed by atoms with Crippen LogP contribution in [0.4, 0.5) is 5.69 Å². The molecule has 1 aliphatic rings. The molecule has 4 rings (SSSR count). The Morgan fingerprint density at radius 2 is 1.91 bits per heavy atom. The minimum absolute atomic E-state index is 0.0522. The molecule has 2 aromatic carbocycles. The molecule has 0 spiro atoms. The molecule has 0 fully saturated rings. The van der Waals surface area contributed by atoms with Gasteiger partial charge in [0.15, 0.2) is 22.8 Å². The highest BCUT2D eigenvalue weighted by atomic mass is 16.7. The predicted octanol–water partition coefficient (Wildman–Crippen LogP) is 2.78. The molecule has 3 aromatic rings. The lowest BCUT2D eigenvalue weighted by Gasteiger charge is -2.09. The summed E-state index contributed by atoms with van der Waals surface area (Å²) in [5, 5.41) is 10.5. The molecule has 0 radical (unpaired) electrons. The average molecular weight is 311 g/mol. The summed E-state index contributed by atoms with van der Waals surface area (Å²) in [6.45, 7) is 1.96. The third-order valence-corrected chi connectivity index (χ3v) is 3.78.